The summed E-state index contributed by atoms with van der Waals surface area (Å²) in [6.07, 6.45) is 1.94. The third-order valence-electron chi connectivity index (χ3n) is 7.25. The molecule has 0 spiro atoms. The highest BCUT2D eigenvalue weighted by atomic mass is 19.3. The van der Waals surface area contributed by atoms with E-state index in [1.807, 2.05) is 0 Å². The molecule has 1 fully saturated rings. The van der Waals surface area contributed by atoms with Gasteiger partial charge in [-0.25, -0.2) is 9.97 Å². The number of allylic oxidation sites excluding steroid dienone is 1. The molecule has 1 aliphatic heterocycles. The van der Waals surface area contributed by atoms with E-state index in [1.165, 1.54) is 25.6 Å². The number of benzene rings is 3. The van der Waals surface area contributed by atoms with Gasteiger partial charge in [0.15, 0.2) is 11.5 Å². The Morgan fingerprint density at radius 2 is 1.83 bits per heavy atom. The third-order valence-corrected chi connectivity index (χ3v) is 7.25. The van der Waals surface area contributed by atoms with Gasteiger partial charge in [0.25, 0.3) is 5.92 Å². The monoisotopic (exact) mass is 635 g/mol. The zero-order valence-electron chi connectivity index (χ0n) is 25.6. The van der Waals surface area contributed by atoms with Gasteiger partial charge in [-0.1, -0.05) is 12.6 Å². The number of amides is 1. The van der Waals surface area contributed by atoms with Gasteiger partial charge in [0.2, 0.25) is 11.8 Å². The van der Waals surface area contributed by atoms with Gasteiger partial charge >= 0.3 is 0 Å². The molecular weight excluding hydrogens is 600 g/mol. The Balaban J connectivity index is 1.23. The molecule has 0 saturated carbocycles. The molecule has 2 N–H and O–H groups in total. The van der Waals surface area contributed by atoms with Crippen LogP contribution in [0.4, 0.5) is 20.2 Å². The summed E-state index contributed by atoms with van der Waals surface area (Å²) in [7, 11) is 2.87. The van der Waals surface area contributed by atoms with Gasteiger partial charge in [-0.15, -0.1) is 0 Å². The van der Waals surface area contributed by atoms with E-state index in [1.54, 1.807) is 49.6 Å². The van der Waals surface area contributed by atoms with Crippen molar-refractivity contribution < 1.29 is 37.3 Å². The molecule has 0 atom stereocenters. The minimum absolute atomic E-state index is 0.0138. The Bertz CT molecular complexity index is 1680. The van der Waals surface area contributed by atoms with Crippen LogP contribution in [0.3, 0.4) is 0 Å². The van der Waals surface area contributed by atoms with E-state index in [9.17, 15) is 13.6 Å². The van der Waals surface area contributed by atoms with Crippen LogP contribution in [0.2, 0.25) is 0 Å². The van der Waals surface area contributed by atoms with Crippen molar-refractivity contribution in [3.63, 3.8) is 0 Å². The maximum atomic E-state index is 14.3. The fraction of sp³-hybridized carbons (Fsp3) is 0.303. The quantitative estimate of drug-likeness (QED) is 0.173. The first kappa shape index (κ1) is 32.4. The number of hydrogen-bond acceptors (Lipinski definition) is 10. The normalized spacial score (nSPS) is 13.6. The minimum Gasteiger partial charge on any atom is -0.496 e. The van der Waals surface area contributed by atoms with Crippen LogP contribution in [0.1, 0.15) is 5.56 Å². The second kappa shape index (κ2) is 14.8. The van der Waals surface area contributed by atoms with Gasteiger partial charge in [-0.2, -0.15) is 8.78 Å². The lowest BCUT2D eigenvalue weighted by atomic mass is 10.1. The SMILES string of the molecule is C=CC(F)(F)c1cc(NCC(=O)Nc2cccc(Oc3ncnc4cc(OCCN5CCOCC5)c(OC)cc34)c2)ccc1OC. The summed E-state index contributed by atoms with van der Waals surface area (Å²) in [5, 5.41) is 6.24. The van der Waals surface area contributed by atoms with Gasteiger partial charge in [0.05, 0.1) is 50.4 Å². The van der Waals surface area contributed by atoms with Gasteiger partial charge in [-0.05, 0) is 42.5 Å². The molecule has 0 aliphatic carbocycles. The van der Waals surface area contributed by atoms with Gasteiger partial charge in [0, 0.05) is 43.1 Å². The van der Waals surface area contributed by atoms with E-state index in [2.05, 4.69) is 32.1 Å². The zero-order valence-corrected chi connectivity index (χ0v) is 25.6. The minimum atomic E-state index is -3.30. The van der Waals surface area contributed by atoms with Gasteiger partial charge in [0.1, 0.15) is 24.4 Å². The third kappa shape index (κ3) is 7.98. The van der Waals surface area contributed by atoms with E-state index in [0.717, 1.165) is 32.8 Å². The van der Waals surface area contributed by atoms with Crippen LogP contribution in [0.25, 0.3) is 10.9 Å². The van der Waals surface area contributed by atoms with Gasteiger partial charge < -0.3 is 34.3 Å². The zero-order chi connectivity index (χ0) is 32.5. The van der Waals surface area contributed by atoms with E-state index in [4.69, 9.17) is 23.7 Å². The summed E-state index contributed by atoms with van der Waals surface area (Å²) in [5.74, 6) is -1.90. The summed E-state index contributed by atoms with van der Waals surface area (Å²) in [6, 6.07) is 14.5. The molecule has 5 rings (SSSR count). The fourth-order valence-corrected chi connectivity index (χ4v) is 4.83. The average Bonchev–Trinajstić information content (AvgIpc) is 3.07. The second-order valence-corrected chi connectivity index (χ2v) is 10.3. The van der Waals surface area contributed by atoms with Crippen LogP contribution in [0, 0.1) is 0 Å². The highest BCUT2D eigenvalue weighted by molar-refractivity contribution is 5.94. The van der Waals surface area contributed by atoms with Crippen LogP contribution in [-0.4, -0.2) is 81.0 Å². The number of carbonyl (C=O) groups is 1. The highest BCUT2D eigenvalue weighted by Gasteiger charge is 2.31. The number of anilines is 2. The van der Waals surface area contributed by atoms with Crippen molar-refractivity contribution in [1.82, 2.24) is 14.9 Å². The number of hydrogen-bond donors (Lipinski definition) is 2. The van der Waals surface area contributed by atoms with E-state index >= 15 is 0 Å². The number of aromatic nitrogens is 2. The molecule has 46 heavy (non-hydrogen) atoms. The molecule has 0 bridgehead atoms. The lowest BCUT2D eigenvalue weighted by molar-refractivity contribution is -0.114. The smallest absolute Gasteiger partial charge is 0.295 e. The molecule has 1 amide bonds. The average molecular weight is 636 g/mol. The number of nitrogens with zero attached hydrogens (tertiary/aromatic N) is 3. The van der Waals surface area contributed by atoms with Crippen LogP contribution in [0.15, 0.2) is 73.6 Å². The number of carbonyl (C=O) groups excluding carboxylic acids is 1. The molecule has 1 aromatic heterocycles. The molecule has 3 aromatic carbocycles. The number of methoxy groups -OCH3 is 2. The standard InChI is InChI=1S/C33H35F2N5O6/c1-4-33(34,35)26-17-22(8-9-28(26)42-2)36-20-31(41)39-23-6-5-7-24(16-23)46-32-25-18-29(43-3)30(19-27(25)37-21-38-32)45-15-12-40-10-13-44-14-11-40/h4-9,16-19,21,36H,1,10-15,20H2,2-3H3,(H,39,41). The molecule has 1 saturated heterocycles. The molecule has 242 valence electrons. The number of nitrogens with one attached hydrogen (secondary N) is 2. The van der Waals surface area contributed by atoms with E-state index in [-0.39, 0.29) is 17.9 Å². The summed E-state index contributed by atoms with van der Waals surface area (Å²) in [4.78, 5) is 23.7. The lowest BCUT2D eigenvalue weighted by Gasteiger charge is -2.26. The molecule has 2 heterocycles. The van der Waals surface area contributed by atoms with Crippen molar-refractivity contribution in [1.29, 1.82) is 0 Å². The molecule has 0 radical (unpaired) electrons. The summed E-state index contributed by atoms with van der Waals surface area (Å²) in [5.41, 5.74) is 1.03. The van der Waals surface area contributed by atoms with Crippen LogP contribution >= 0.6 is 0 Å². The number of halogens is 2. The van der Waals surface area contributed by atoms with Crippen molar-refractivity contribution >= 4 is 28.2 Å². The number of alkyl halides is 2. The number of morpholine rings is 1. The molecule has 11 nitrogen and oxygen atoms in total. The maximum absolute atomic E-state index is 14.3. The topological polar surface area (TPSA) is 116 Å². The highest BCUT2D eigenvalue weighted by Crippen LogP contribution is 2.38. The first-order chi connectivity index (χ1) is 22.3. The first-order valence-electron chi connectivity index (χ1n) is 14.6. The Labute approximate surface area is 265 Å². The number of fused-ring (bicyclic) bond motifs is 1. The van der Waals surface area contributed by atoms with Gasteiger partial charge in [-0.3, -0.25) is 9.69 Å². The van der Waals surface area contributed by atoms with E-state index < -0.39 is 11.8 Å². The Morgan fingerprint density at radius 1 is 1.02 bits per heavy atom. The second-order valence-electron chi connectivity index (χ2n) is 10.3. The van der Waals surface area contributed by atoms with Crippen molar-refractivity contribution in [3.05, 3.63) is 79.1 Å². The summed E-state index contributed by atoms with van der Waals surface area (Å²) >= 11 is 0. The predicted octanol–water partition coefficient (Wildman–Crippen LogP) is 5.48. The summed E-state index contributed by atoms with van der Waals surface area (Å²) in [6.45, 7) is 7.46. The lowest BCUT2D eigenvalue weighted by Crippen LogP contribution is -2.38. The largest absolute Gasteiger partial charge is 0.496 e. The molecule has 1 aliphatic rings. The Morgan fingerprint density at radius 3 is 2.59 bits per heavy atom. The van der Waals surface area contributed by atoms with Crippen molar-refractivity contribution in [3.8, 4) is 28.9 Å². The van der Waals surface area contributed by atoms with Crippen molar-refractivity contribution in [2.75, 3.05) is 70.9 Å². The number of ether oxygens (including phenoxy) is 5. The maximum Gasteiger partial charge on any atom is 0.295 e. The molecule has 4 aromatic rings. The van der Waals surface area contributed by atoms with Crippen molar-refractivity contribution in [2.45, 2.75) is 5.92 Å². The molecular formula is C33H35F2N5O6. The molecule has 0 unspecified atom stereocenters. The predicted molar refractivity (Wildman–Crippen MR) is 170 cm³/mol. The summed E-state index contributed by atoms with van der Waals surface area (Å²) < 4.78 is 56.8. The number of rotatable bonds is 14. The van der Waals surface area contributed by atoms with Crippen LogP contribution < -0.4 is 29.6 Å². The van der Waals surface area contributed by atoms with E-state index in [0.29, 0.717) is 58.1 Å². The Hall–Kier alpha value is -5.01. The first-order valence-corrected chi connectivity index (χ1v) is 14.6. The van der Waals surface area contributed by atoms with Crippen LogP contribution in [0.5, 0.6) is 28.9 Å². The van der Waals surface area contributed by atoms with Crippen molar-refractivity contribution in [2.24, 2.45) is 0 Å². The van der Waals surface area contributed by atoms with Crippen LogP contribution in [-0.2, 0) is 15.5 Å². The molecule has 13 heteroatoms. The Kier molecular flexibility index (Phi) is 10.5. The fourth-order valence-electron chi connectivity index (χ4n) is 4.83.